The lowest BCUT2D eigenvalue weighted by Crippen LogP contribution is -2.35. The van der Waals surface area contributed by atoms with E-state index in [-0.39, 0.29) is 6.04 Å². The van der Waals surface area contributed by atoms with Gasteiger partial charge in [0, 0.05) is 13.1 Å². The Morgan fingerprint density at radius 1 is 1.43 bits per heavy atom. The fourth-order valence-electron chi connectivity index (χ4n) is 1.73. The summed E-state index contributed by atoms with van der Waals surface area (Å²) in [5.74, 6) is -2.52. The maximum absolute atomic E-state index is 13.3. The van der Waals surface area contributed by atoms with E-state index in [1.807, 2.05) is 6.26 Å². The third kappa shape index (κ3) is 4.13. The highest BCUT2D eigenvalue weighted by atomic mass is 32.2. The van der Waals surface area contributed by atoms with Crippen molar-refractivity contribution in [2.24, 2.45) is 0 Å². The molecular formula is C13H16F2N2O3S. The van der Waals surface area contributed by atoms with Crippen molar-refractivity contribution in [3.8, 4) is 0 Å². The van der Waals surface area contributed by atoms with E-state index in [4.69, 9.17) is 0 Å². The predicted octanol–water partition coefficient (Wildman–Crippen LogP) is 3.09. The standard InChI is InChI=1S/C13H16F2N2O3S/c1-8(4-5-21-3)16(2)13(18)9-6-10(14)11(15)7-12(9)17(19)20/h6-8H,4-5H2,1-3H3. The first-order chi connectivity index (χ1) is 9.79. The van der Waals surface area contributed by atoms with Gasteiger partial charge in [0.05, 0.1) is 11.0 Å². The lowest BCUT2D eigenvalue weighted by Gasteiger charge is -2.24. The highest BCUT2D eigenvalue weighted by Gasteiger charge is 2.27. The molecule has 1 amide bonds. The van der Waals surface area contributed by atoms with Crippen molar-refractivity contribution in [2.75, 3.05) is 19.1 Å². The van der Waals surface area contributed by atoms with Crippen molar-refractivity contribution in [2.45, 2.75) is 19.4 Å². The third-order valence-corrected chi connectivity index (χ3v) is 3.83. The lowest BCUT2D eigenvalue weighted by atomic mass is 10.1. The summed E-state index contributed by atoms with van der Waals surface area (Å²) in [6.45, 7) is 1.79. The third-order valence-electron chi connectivity index (χ3n) is 3.19. The largest absolute Gasteiger partial charge is 0.339 e. The normalized spacial score (nSPS) is 12.0. The second kappa shape index (κ2) is 7.35. The molecule has 0 spiro atoms. The van der Waals surface area contributed by atoms with Crippen LogP contribution < -0.4 is 0 Å². The number of carbonyl (C=O) groups is 1. The predicted molar refractivity (Wildman–Crippen MR) is 77.6 cm³/mol. The summed E-state index contributed by atoms with van der Waals surface area (Å²) in [5, 5.41) is 10.9. The van der Waals surface area contributed by atoms with Gasteiger partial charge >= 0.3 is 0 Å². The van der Waals surface area contributed by atoms with E-state index in [9.17, 15) is 23.7 Å². The summed E-state index contributed by atoms with van der Waals surface area (Å²) in [6.07, 6.45) is 2.62. The highest BCUT2D eigenvalue weighted by molar-refractivity contribution is 7.98. The van der Waals surface area contributed by atoms with Crippen molar-refractivity contribution in [1.82, 2.24) is 4.90 Å². The fraction of sp³-hybridized carbons (Fsp3) is 0.462. The molecule has 0 heterocycles. The topological polar surface area (TPSA) is 63.5 Å². The number of halogens is 2. The van der Waals surface area contributed by atoms with E-state index in [1.165, 1.54) is 11.9 Å². The molecule has 0 radical (unpaired) electrons. The molecule has 0 aliphatic heterocycles. The number of hydrogen-bond acceptors (Lipinski definition) is 4. The van der Waals surface area contributed by atoms with Gasteiger partial charge in [-0.3, -0.25) is 14.9 Å². The average molecular weight is 318 g/mol. The number of hydrogen-bond donors (Lipinski definition) is 0. The number of nitrogens with zero attached hydrogens (tertiary/aromatic N) is 2. The maximum Gasteiger partial charge on any atom is 0.285 e. The van der Waals surface area contributed by atoms with E-state index in [2.05, 4.69) is 0 Å². The van der Waals surface area contributed by atoms with E-state index in [0.29, 0.717) is 18.6 Å². The number of thioether (sulfide) groups is 1. The Morgan fingerprint density at radius 2 is 2.00 bits per heavy atom. The minimum atomic E-state index is -1.35. The van der Waals surface area contributed by atoms with E-state index < -0.39 is 33.7 Å². The molecule has 0 N–H and O–H groups in total. The van der Waals surface area contributed by atoms with Crippen LogP contribution in [0.1, 0.15) is 23.7 Å². The summed E-state index contributed by atoms with van der Waals surface area (Å²) < 4.78 is 26.4. The minimum Gasteiger partial charge on any atom is -0.339 e. The number of benzene rings is 1. The molecule has 0 saturated heterocycles. The van der Waals surface area contributed by atoms with Crippen molar-refractivity contribution in [1.29, 1.82) is 0 Å². The first kappa shape index (κ1) is 17.4. The van der Waals surface area contributed by atoms with Crippen LogP contribution in [0.25, 0.3) is 0 Å². The summed E-state index contributed by atoms with van der Waals surface area (Å²) >= 11 is 1.61. The number of nitro benzene ring substituents is 1. The van der Waals surface area contributed by atoms with Gasteiger partial charge in [0.1, 0.15) is 5.56 Å². The molecule has 0 aromatic heterocycles. The minimum absolute atomic E-state index is 0.169. The Hall–Kier alpha value is -1.70. The molecule has 8 heteroatoms. The SMILES string of the molecule is CSCCC(C)N(C)C(=O)c1cc(F)c(F)cc1[N+](=O)[O-]. The van der Waals surface area contributed by atoms with Gasteiger partial charge in [-0.05, 0) is 31.4 Å². The number of nitro groups is 1. The van der Waals surface area contributed by atoms with Gasteiger partial charge in [-0.2, -0.15) is 11.8 Å². The summed E-state index contributed by atoms with van der Waals surface area (Å²) in [5.41, 5.74) is -1.18. The van der Waals surface area contributed by atoms with Gasteiger partial charge in [0.25, 0.3) is 11.6 Å². The lowest BCUT2D eigenvalue weighted by molar-refractivity contribution is -0.385. The van der Waals surface area contributed by atoms with Crippen LogP contribution in [0.3, 0.4) is 0 Å². The molecule has 1 aromatic carbocycles. The molecule has 1 unspecified atom stereocenters. The van der Waals surface area contributed by atoms with Crippen molar-refractivity contribution < 1.29 is 18.5 Å². The summed E-state index contributed by atoms with van der Waals surface area (Å²) in [6, 6.07) is 0.842. The van der Waals surface area contributed by atoms with Crippen molar-refractivity contribution in [3.63, 3.8) is 0 Å². The van der Waals surface area contributed by atoms with Crippen LogP contribution in [-0.2, 0) is 0 Å². The molecular weight excluding hydrogens is 302 g/mol. The van der Waals surface area contributed by atoms with E-state index in [1.54, 1.807) is 18.7 Å². The zero-order chi connectivity index (χ0) is 16.2. The molecule has 5 nitrogen and oxygen atoms in total. The maximum atomic E-state index is 13.3. The smallest absolute Gasteiger partial charge is 0.285 e. The Bertz CT molecular complexity index is 554. The van der Waals surface area contributed by atoms with Crippen molar-refractivity contribution >= 4 is 23.4 Å². The molecule has 1 rings (SSSR count). The molecule has 0 fully saturated rings. The molecule has 1 atom stereocenters. The Labute approximate surface area is 125 Å². The summed E-state index contributed by atoms with van der Waals surface area (Å²) in [4.78, 5) is 23.6. The van der Waals surface area contributed by atoms with E-state index in [0.717, 1.165) is 5.75 Å². The van der Waals surface area contributed by atoms with Crippen LogP contribution in [-0.4, -0.2) is 40.8 Å². The van der Waals surface area contributed by atoms with Gasteiger partial charge in [-0.1, -0.05) is 0 Å². The number of rotatable bonds is 6. The second-order valence-corrected chi connectivity index (χ2v) is 5.57. The zero-order valence-electron chi connectivity index (χ0n) is 11.9. The Balaban J connectivity index is 3.11. The molecule has 0 bridgehead atoms. The van der Waals surface area contributed by atoms with Crippen LogP contribution in [0.4, 0.5) is 14.5 Å². The second-order valence-electron chi connectivity index (χ2n) is 4.59. The monoisotopic (exact) mass is 318 g/mol. The molecule has 116 valence electrons. The molecule has 0 aliphatic carbocycles. The van der Waals surface area contributed by atoms with Crippen LogP contribution in [0, 0.1) is 21.7 Å². The first-order valence-corrected chi connectivity index (χ1v) is 7.58. The number of carbonyl (C=O) groups excluding carboxylic acids is 1. The Kier molecular flexibility index (Phi) is 6.07. The van der Waals surface area contributed by atoms with Crippen molar-refractivity contribution in [3.05, 3.63) is 39.4 Å². The van der Waals surface area contributed by atoms with Gasteiger partial charge in [0.15, 0.2) is 11.6 Å². The highest BCUT2D eigenvalue weighted by Crippen LogP contribution is 2.24. The van der Waals surface area contributed by atoms with Crippen LogP contribution in [0.5, 0.6) is 0 Å². The van der Waals surface area contributed by atoms with Crippen LogP contribution in [0.15, 0.2) is 12.1 Å². The average Bonchev–Trinajstić information content (AvgIpc) is 2.45. The van der Waals surface area contributed by atoms with Crippen LogP contribution >= 0.6 is 11.8 Å². The fourth-order valence-corrected chi connectivity index (χ4v) is 2.31. The van der Waals surface area contributed by atoms with Gasteiger partial charge < -0.3 is 4.90 Å². The quantitative estimate of drug-likeness (QED) is 0.597. The Morgan fingerprint density at radius 3 is 2.52 bits per heavy atom. The molecule has 0 aliphatic rings. The molecule has 1 aromatic rings. The first-order valence-electron chi connectivity index (χ1n) is 6.19. The van der Waals surface area contributed by atoms with Gasteiger partial charge in [-0.25, -0.2) is 8.78 Å². The summed E-state index contributed by atoms with van der Waals surface area (Å²) in [7, 11) is 1.48. The van der Waals surface area contributed by atoms with Gasteiger partial charge in [0.2, 0.25) is 0 Å². The molecule has 0 saturated carbocycles. The number of amides is 1. The van der Waals surface area contributed by atoms with Crippen LogP contribution in [0.2, 0.25) is 0 Å². The van der Waals surface area contributed by atoms with Gasteiger partial charge in [-0.15, -0.1) is 0 Å². The zero-order valence-corrected chi connectivity index (χ0v) is 12.7. The van der Waals surface area contributed by atoms with E-state index >= 15 is 0 Å². The molecule has 21 heavy (non-hydrogen) atoms.